The maximum Gasteiger partial charge on any atom is 0.409 e. The van der Waals surface area contributed by atoms with Crippen LogP contribution in [0.2, 0.25) is 0 Å². The zero-order chi connectivity index (χ0) is 20.4. The smallest absolute Gasteiger partial charge is 0.409 e. The molecule has 1 heterocycles. The van der Waals surface area contributed by atoms with Gasteiger partial charge >= 0.3 is 18.2 Å². The molecule has 1 saturated carbocycles. The molecular formula is C19H31N5O4. The van der Waals surface area contributed by atoms with Gasteiger partial charge in [-0.2, -0.15) is 5.26 Å². The molecule has 1 saturated heterocycles. The van der Waals surface area contributed by atoms with Crippen LogP contribution >= 0.6 is 0 Å². The normalized spacial score (nSPS) is 17.6. The third-order valence-electron chi connectivity index (χ3n) is 5.36. The minimum Gasteiger partial charge on any atom is -0.450 e. The second-order valence-electron chi connectivity index (χ2n) is 7.22. The molecule has 1 N–H and O–H groups in total. The van der Waals surface area contributed by atoms with Crippen LogP contribution in [0.15, 0.2) is 0 Å². The van der Waals surface area contributed by atoms with Crippen molar-refractivity contribution < 1.29 is 19.1 Å². The van der Waals surface area contributed by atoms with Crippen LogP contribution in [0.1, 0.15) is 45.4 Å². The number of nitrogens with zero attached hydrogens (tertiary/aromatic N) is 4. The van der Waals surface area contributed by atoms with Crippen LogP contribution in [0.3, 0.4) is 0 Å². The van der Waals surface area contributed by atoms with Gasteiger partial charge in [0, 0.05) is 32.7 Å². The monoisotopic (exact) mass is 393 g/mol. The standard InChI is InChI=1S/C19H31N5O4/c1-2-28-19(27)23-14-12-22(13-15-23)18(26)24(17(25)21-10-9-20)11-8-16-6-4-3-5-7-16/h16H,2-8,10-15H2,1H3,(H,21,25). The Hall–Kier alpha value is -2.50. The van der Waals surface area contributed by atoms with E-state index in [4.69, 9.17) is 10.00 Å². The Labute approximate surface area is 166 Å². The van der Waals surface area contributed by atoms with E-state index in [2.05, 4.69) is 5.32 Å². The number of carbonyl (C=O) groups is 3. The molecule has 0 radical (unpaired) electrons. The Morgan fingerprint density at radius 3 is 2.36 bits per heavy atom. The Kier molecular flexibility index (Phi) is 8.85. The molecular weight excluding hydrogens is 362 g/mol. The van der Waals surface area contributed by atoms with E-state index < -0.39 is 6.03 Å². The van der Waals surface area contributed by atoms with Crippen LogP contribution in [0, 0.1) is 17.2 Å². The van der Waals surface area contributed by atoms with E-state index in [1.165, 1.54) is 24.2 Å². The molecule has 1 aliphatic carbocycles. The fraction of sp³-hybridized carbons (Fsp3) is 0.789. The molecule has 0 spiro atoms. The molecule has 156 valence electrons. The quantitative estimate of drug-likeness (QED) is 0.722. The van der Waals surface area contributed by atoms with Crippen molar-refractivity contribution in [1.82, 2.24) is 20.0 Å². The molecule has 1 aliphatic heterocycles. The van der Waals surface area contributed by atoms with E-state index >= 15 is 0 Å². The second kappa shape index (κ2) is 11.4. The maximum absolute atomic E-state index is 13.0. The summed E-state index contributed by atoms with van der Waals surface area (Å²) >= 11 is 0. The molecule has 0 aromatic heterocycles. The molecule has 2 rings (SSSR count). The van der Waals surface area contributed by atoms with Gasteiger partial charge in [0.15, 0.2) is 0 Å². The number of amides is 5. The van der Waals surface area contributed by atoms with Gasteiger partial charge in [0.1, 0.15) is 6.54 Å². The van der Waals surface area contributed by atoms with Crippen LogP contribution in [0.4, 0.5) is 14.4 Å². The van der Waals surface area contributed by atoms with Gasteiger partial charge in [0.05, 0.1) is 12.7 Å². The summed E-state index contributed by atoms with van der Waals surface area (Å²) in [5, 5.41) is 11.2. The summed E-state index contributed by atoms with van der Waals surface area (Å²) < 4.78 is 4.99. The first kappa shape index (κ1) is 21.8. The number of imide groups is 1. The molecule has 0 unspecified atom stereocenters. The molecule has 9 heteroatoms. The summed E-state index contributed by atoms with van der Waals surface area (Å²) in [6, 6.07) is 0.968. The summed E-state index contributed by atoms with van der Waals surface area (Å²) in [6.07, 6.45) is 6.35. The summed E-state index contributed by atoms with van der Waals surface area (Å²) in [6.45, 7) is 3.73. The van der Waals surface area contributed by atoms with Crippen molar-refractivity contribution in [1.29, 1.82) is 5.26 Å². The van der Waals surface area contributed by atoms with Crippen molar-refractivity contribution in [2.45, 2.75) is 45.4 Å². The summed E-state index contributed by atoms with van der Waals surface area (Å²) in [5.41, 5.74) is 0. The van der Waals surface area contributed by atoms with E-state index in [1.807, 2.05) is 6.07 Å². The lowest BCUT2D eigenvalue weighted by Gasteiger charge is -2.36. The number of hydrogen-bond acceptors (Lipinski definition) is 5. The Morgan fingerprint density at radius 1 is 1.11 bits per heavy atom. The Bertz CT molecular complexity index is 577. The molecule has 5 amide bonds. The van der Waals surface area contributed by atoms with Gasteiger partial charge in [-0.05, 0) is 19.3 Å². The van der Waals surface area contributed by atoms with Crippen molar-refractivity contribution in [2.24, 2.45) is 5.92 Å². The van der Waals surface area contributed by atoms with Gasteiger partial charge in [-0.3, -0.25) is 0 Å². The summed E-state index contributed by atoms with van der Waals surface area (Å²) in [5.74, 6) is 0.536. The van der Waals surface area contributed by atoms with Gasteiger partial charge in [-0.15, -0.1) is 0 Å². The van der Waals surface area contributed by atoms with E-state index in [-0.39, 0.29) is 18.7 Å². The third-order valence-corrected chi connectivity index (χ3v) is 5.36. The Balaban J connectivity index is 1.93. The van der Waals surface area contributed by atoms with Crippen LogP contribution in [0.5, 0.6) is 0 Å². The van der Waals surface area contributed by atoms with Crippen molar-refractivity contribution in [3.8, 4) is 6.07 Å². The molecule has 2 fully saturated rings. The average Bonchev–Trinajstić information content (AvgIpc) is 2.73. The molecule has 9 nitrogen and oxygen atoms in total. The minimum absolute atomic E-state index is 0.136. The van der Waals surface area contributed by atoms with Crippen molar-refractivity contribution in [3.05, 3.63) is 0 Å². The SMILES string of the molecule is CCOC(=O)N1CCN(C(=O)N(CCC2CCCCC2)C(=O)NCC#N)CC1. The van der Waals surface area contributed by atoms with E-state index in [0.29, 0.717) is 45.2 Å². The highest BCUT2D eigenvalue weighted by molar-refractivity contribution is 5.93. The maximum atomic E-state index is 13.0. The van der Waals surface area contributed by atoms with Gasteiger partial charge in [-0.25, -0.2) is 19.3 Å². The van der Waals surface area contributed by atoms with E-state index in [0.717, 1.165) is 19.3 Å². The molecule has 0 aromatic rings. The highest BCUT2D eigenvalue weighted by Crippen LogP contribution is 2.26. The number of urea groups is 2. The largest absolute Gasteiger partial charge is 0.450 e. The minimum atomic E-state index is -0.532. The Morgan fingerprint density at radius 2 is 1.75 bits per heavy atom. The van der Waals surface area contributed by atoms with Crippen molar-refractivity contribution in [2.75, 3.05) is 45.9 Å². The first-order valence-corrected chi connectivity index (χ1v) is 10.2. The number of nitrogens with one attached hydrogen (secondary N) is 1. The lowest BCUT2D eigenvalue weighted by atomic mass is 9.87. The molecule has 2 aliphatic rings. The molecule has 28 heavy (non-hydrogen) atoms. The number of carbonyl (C=O) groups excluding carboxylic acids is 3. The number of hydrogen-bond donors (Lipinski definition) is 1. The third kappa shape index (κ3) is 6.29. The molecule has 0 atom stereocenters. The van der Waals surface area contributed by atoms with Crippen molar-refractivity contribution >= 4 is 18.2 Å². The molecule has 0 aromatic carbocycles. The van der Waals surface area contributed by atoms with Crippen LogP contribution in [-0.4, -0.2) is 78.7 Å². The predicted molar refractivity (Wildman–Crippen MR) is 102 cm³/mol. The zero-order valence-corrected chi connectivity index (χ0v) is 16.7. The lowest BCUT2D eigenvalue weighted by molar-refractivity contribution is 0.0797. The summed E-state index contributed by atoms with van der Waals surface area (Å²) in [4.78, 5) is 41.6. The van der Waals surface area contributed by atoms with Crippen LogP contribution in [-0.2, 0) is 4.74 Å². The lowest BCUT2D eigenvalue weighted by Crippen LogP contribution is -2.56. The van der Waals surface area contributed by atoms with Crippen molar-refractivity contribution in [3.63, 3.8) is 0 Å². The molecule has 0 bridgehead atoms. The van der Waals surface area contributed by atoms with Crippen LogP contribution in [0.25, 0.3) is 0 Å². The highest BCUT2D eigenvalue weighted by Gasteiger charge is 2.31. The van der Waals surface area contributed by atoms with Gasteiger partial charge < -0.3 is 19.9 Å². The van der Waals surface area contributed by atoms with E-state index in [9.17, 15) is 14.4 Å². The first-order valence-electron chi connectivity index (χ1n) is 10.2. The number of nitriles is 1. The van der Waals surface area contributed by atoms with E-state index in [1.54, 1.807) is 16.7 Å². The zero-order valence-electron chi connectivity index (χ0n) is 16.7. The van der Waals surface area contributed by atoms with Crippen LogP contribution < -0.4 is 5.32 Å². The predicted octanol–water partition coefficient (Wildman–Crippen LogP) is 2.39. The first-order chi connectivity index (χ1) is 13.6. The second-order valence-corrected chi connectivity index (χ2v) is 7.22. The fourth-order valence-electron chi connectivity index (χ4n) is 3.75. The summed E-state index contributed by atoms with van der Waals surface area (Å²) in [7, 11) is 0. The highest BCUT2D eigenvalue weighted by atomic mass is 16.6. The van der Waals surface area contributed by atoms with Gasteiger partial charge in [0.2, 0.25) is 0 Å². The van der Waals surface area contributed by atoms with Gasteiger partial charge in [-0.1, -0.05) is 32.1 Å². The fourth-order valence-corrected chi connectivity index (χ4v) is 3.75. The topological polar surface area (TPSA) is 106 Å². The number of ether oxygens (including phenoxy) is 1. The number of rotatable bonds is 5. The van der Waals surface area contributed by atoms with Gasteiger partial charge in [0.25, 0.3) is 0 Å². The average molecular weight is 393 g/mol. The number of piperazine rings is 1.